The molecule has 0 radical (unpaired) electrons. The first kappa shape index (κ1) is 14.4. The van der Waals surface area contributed by atoms with E-state index in [0.29, 0.717) is 20.5 Å². The fourth-order valence-electron chi connectivity index (χ4n) is 2.16. The molecule has 98 valence electrons. The summed E-state index contributed by atoms with van der Waals surface area (Å²) in [5.74, 6) is -0.333. The van der Waals surface area contributed by atoms with Gasteiger partial charge in [-0.25, -0.2) is 0 Å². The minimum absolute atomic E-state index is 0.282. The second-order valence-electron chi connectivity index (χ2n) is 4.14. The highest BCUT2D eigenvalue weighted by Gasteiger charge is 2.26. The van der Waals surface area contributed by atoms with Gasteiger partial charge in [0.2, 0.25) is 0 Å². The van der Waals surface area contributed by atoms with Crippen LogP contribution in [0.1, 0.15) is 17.0 Å². The van der Waals surface area contributed by atoms with Gasteiger partial charge in [0.1, 0.15) is 6.29 Å². The van der Waals surface area contributed by atoms with Crippen LogP contribution in [0.25, 0.3) is 0 Å². The molecule has 2 rings (SSSR count). The predicted molar refractivity (Wildman–Crippen MR) is 83.0 cm³/mol. The van der Waals surface area contributed by atoms with E-state index in [1.54, 1.807) is 30.4 Å². The number of allylic oxidation sites excluding steroid dienone is 4. The average molecular weight is 312 g/mol. The van der Waals surface area contributed by atoms with Gasteiger partial charge in [-0.05, 0) is 29.3 Å². The molecule has 1 aromatic carbocycles. The molecular formula is C14H11Cl2NOS. The SMILES string of the molecule is NCc1cc(Cl)cc(Cl)c1C1C(=S)C=CC=C1C=O. The molecule has 2 N–H and O–H groups in total. The lowest BCUT2D eigenvalue weighted by Crippen LogP contribution is -2.18. The highest BCUT2D eigenvalue weighted by Crippen LogP contribution is 2.37. The topological polar surface area (TPSA) is 43.1 Å². The Morgan fingerprint density at radius 2 is 2.11 bits per heavy atom. The molecule has 0 saturated carbocycles. The van der Waals surface area contributed by atoms with Crippen molar-refractivity contribution in [2.24, 2.45) is 5.73 Å². The number of rotatable bonds is 3. The van der Waals surface area contributed by atoms with E-state index in [4.69, 9.17) is 41.2 Å². The Balaban J connectivity index is 2.64. The van der Waals surface area contributed by atoms with Crippen LogP contribution in [0.5, 0.6) is 0 Å². The minimum atomic E-state index is -0.333. The monoisotopic (exact) mass is 311 g/mol. The van der Waals surface area contributed by atoms with Crippen LogP contribution in [0.2, 0.25) is 10.0 Å². The Labute approximate surface area is 126 Å². The first-order valence-electron chi connectivity index (χ1n) is 5.63. The van der Waals surface area contributed by atoms with Crippen molar-refractivity contribution in [3.05, 3.63) is 57.1 Å². The second-order valence-corrected chi connectivity index (χ2v) is 5.46. The fraction of sp³-hybridized carbons (Fsp3) is 0.143. The van der Waals surface area contributed by atoms with Crippen molar-refractivity contribution in [1.29, 1.82) is 0 Å². The molecular weight excluding hydrogens is 301 g/mol. The van der Waals surface area contributed by atoms with E-state index in [1.165, 1.54) is 0 Å². The summed E-state index contributed by atoms with van der Waals surface area (Å²) in [6, 6.07) is 3.40. The van der Waals surface area contributed by atoms with Crippen molar-refractivity contribution >= 4 is 46.6 Å². The minimum Gasteiger partial charge on any atom is -0.326 e. The summed E-state index contributed by atoms with van der Waals surface area (Å²) in [5, 5.41) is 0.992. The fourth-order valence-corrected chi connectivity index (χ4v) is 3.13. The summed E-state index contributed by atoms with van der Waals surface area (Å²) in [4.78, 5) is 11.8. The first-order chi connectivity index (χ1) is 9.08. The molecule has 19 heavy (non-hydrogen) atoms. The molecule has 1 atom stereocenters. The molecule has 1 unspecified atom stereocenters. The van der Waals surface area contributed by atoms with Crippen molar-refractivity contribution in [2.75, 3.05) is 0 Å². The maximum atomic E-state index is 11.2. The summed E-state index contributed by atoms with van der Waals surface area (Å²) in [7, 11) is 0. The Morgan fingerprint density at radius 1 is 1.37 bits per heavy atom. The zero-order chi connectivity index (χ0) is 14.0. The van der Waals surface area contributed by atoms with Gasteiger partial charge in [-0.3, -0.25) is 4.79 Å². The highest BCUT2D eigenvalue weighted by molar-refractivity contribution is 7.80. The predicted octanol–water partition coefficient (Wildman–Crippen LogP) is 3.60. The normalized spacial score (nSPS) is 18.4. The van der Waals surface area contributed by atoms with Gasteiger partial charge < -0.3 is 5.73 Å². The highest BCUT2D eigenvalue weighted by atomic mass is 35.5. The number of nitrogens with two attached hydrogens (primary N) is 1. The van der Waals surface area contributed by atoms with Crippen LogP contribution in [0, 0.1) is 0 Å². The number of aldehydes is 1. The molecule has 0 amide bonds. The Morgan fingerprint density at radius 3 is 2.74 bits per heavy atom. The third kappa shape index (κ3) is 2.79. The number of carbonyl (C=O) groups excluding carboxylic acids is 1. The van der Waals surface area contributed by atoms with Crippen molar-refractivity contribution in [3.63, 3.8) is 0 Å². The van der Waals surface area contributed by atoms with Crippen molar-refractivity contribution in [2.45, 2.75) is 12.5 Å². The van der Waals surface area contributed by atoms with Crippen molar-refractivity contribution in [3.8, 4) is 0 Å². The van der Waals surface area contributed by atoms with Crippen LogP contribution in [-0.2, 0) is 11.3 Å². The molecule has 0 aliphatic heterocycles. The van der Waals surface area contributed by atoms with Crippen LogP contribution in [-0.4, -0.2) is 11.2 Å². The lowest BCUT2D eigenvalue weighted by molar-refractivity contribution is -0.105. The Kier molecular flexibility index (Phi) is 4.53. The van der Waals surface area contributed by atoms with Crippen LogP contribution in [0.4, 0.5) is 0 Å². The molecule has 1 aliphatic rings. The van der Waals surface area contributed by atoms with Crippen LogP contribution >= 0.6 is 35.4 Å². The maximum absolute atomic E-state index is 11.2. The van der Waals surface area contributed by atoms with E-state index < -0.39 is 0 Å². The van der Waals surface area contributed by atoms with Gasteiger partial charge in [-0.2, -0.15) is 0 Å². The molecule has 0 bridgehead atoms. The Bertz CT molecular complexity index is 608. The number of halogens is 2. The van der Waals surface area contributed by atoms with Gasteiger partial charge in [0, 0.05) is 32.9 Å². The van der Waals surface area contributed by atoms with Gasteiger partial charge in [-0.1, -0.05) is 47.6 Å². The largest absolute Gasteiger partial charge is 0.326 e. The van der Waals surface area contributed by atoms with E-state index in [0.717, 1.165) is 17.4 Å². The smallest absolute Gasteiger partial charge is 0.147 e. The standard InChI is InChI=1S/C14H11Cl2NOS/c15-10-4-9(6-17)13(11(16)5-10)14-8(7-18)2-1-3-12(14)19/h1-5,7,14H,6,17H2. The summed E-state index contributed by atoms with van der Waals surface area (Å²) >= 11 is 17.6. The lowest BCUT2D eigenvalue weighted by Gasteiger charge is -2.23. The molecule has 0 aromatic heterocycles. The number of hydrogen-bond acceptors (Lipinski definition) is 3. The van der Waals surface area contributed by atoms with Crippen molar-refractivity contribution < 1.29 is 4.79 Å². The van der Waals surface area contributed by atoms with E-state index >= 15 is 0 Å². The molecule has 1 aromatic rings. The first-order valence-corrected chi connectivity index (χ1v) is 6.80. The van der Waals surface area contributed by atoms with Crippen molar-refractivity contribution in [1.82, 2.24) is 0 Å². The number of thiocarbonyl (C=S) groups is 1. The van der Waals surface area contributed by atoms with Crippen LogP contribution in [0.3, 0.4) is 0 Å². The molecule has 1 aliphatic carbocycles. The van der Waals surface area contributed by atoms with Gasteiger partial charge >= 0.3 is 0 Å². The van der Waals surface area contributed by atoms with E-state index in [2.05, 4.69) is 0 Å². The van der Waals surface area contributed by atoms with Crippen LogP contribution < -0.4 is 5.73 Å². The molecule has 0 fully saturated rings. The zero-order valence-corrected chi connectivity index (χ0v) is 12.2. The van der Waals surface area contributed by atoms with E-state index in [9.17, 15) is 4.79 Å². The van der Waals surface area contributed by atoms with Gasteiger partial charge in [-0.15, -0.1) is 0 Å². The van der Waals surface area contributed by atoms with Gasteiger partial charge in [0.05, 0.1) is 0 Å². The van der Waals surface area contributed by atoms with E-state index in [1.807, 2.05) is 0 Å². The summed E-state index contributed by atoms with van der Waals surface area (Å²) in [5.41, 5.74) is 7.88. The second kappa shape index (κ2) is 5.97. The number of hydrogen-bond donors (Lipinski definition) is 1. The third-order valence-corrected chi connectivity index (χ3v) is 3.89. The molecule has 0 heterocycles. The van der Waals surface area contributed by atoms with Gasteiger partial charge in [0.25, 0.3) is 0 Å². The number of benzene rings is 1. The average Bonchev–Trinajstić information content (AvgIpc) is 2.38. The van der Waals surface area contributed by atoms with Crippen LogP contribution in [0.15, 0.2) is 35.9 Å². The molecule has 2 nitrogen and oxygen atoms in total. The summed E-state index contributed by atoms with van der Waals surface area (Å²) in [6.07, 6.45) is 6.08. The Hall–Kier alpha value is -1.00. The number of carbonyl (C=O) groups is 1. The van der Waals surface area contributed by atoms with Gasteiger partial charge in [0.15, 0.2) is 0 Å². The zero-order valence-electron chi connectivity index (χ0n) is 9.90. The lowest BCUT2D eigenvalue weighted by atomic mass is 9.83. The maximum Gasteiger partial charge on any atom is 0.147 e. The third-order valence-electron chi connectivity index (χ3n) is 2.99. The summed E-state index contributed by atoms with van der Waals surface area (Å²) < 4.78 is 0. The quantitative estimate of drug-likeness (QED) is 0.685. The molecule has 5 heteroatoms. The molecule has 0 saturated heterocycles. The molecule has 0 spiro atoms. The van der Waals surface area contributed by atoms with E-state index in [-0.39, 0.29) is 12.5 Å². The summed E-state index contributed by atoms with van der Waals surface area (Å²) in [6.45, 7) is 0.282.